The molecule has 3 aliphatic rings. The molecule has 0 radical (unpaired) electrons. The molecule has 0 spiro atoms. The first-order valence-electron chi connectivity index (χ1n) is 16.6. The summed E-state index contributed by atoms with van der Waals surface area (Å²) in [7, 11) is 0. The van der Waals surface area contributed by atoms with Gasteiger partial charge in [-0.3, -0.25) is 19.8 Å². The zero-order chi connectivity index (χ0) is 32.9. The van der Waals surface area contributed by atoms with Crippen molar-refractivity contribution in [2.75, 3.05) is 51.2 Å². The van der Waals surface area contributed by atoms with E-state index in [9.17, 15) is 19.5 Å². The first kappa shape index (κ1) is 32.2. The standard InChI is InChI=1S/C34H42N8O5/c1-23-22-40(34(45)46)15-16-41(23)32(44)26-9-11-27(12-10-26)42-29-19-30(47-18-17-39-13-3-2-4-14-39)36-21-28(29)37-33(42)38-31(43)25-7-5-24(20-35)6-8-25/h5-8,19,21,23,26-27H,2-4,9-18,22H2,1H3,(H,45,46)(H,37,38,43). The minimum Gasteiger partial charge on any atom is -0.476 e. The number of imidazole rings is 1. The molecular formula is C34H42N8O5. The van der Waals surface area contributed by atoms with Gasteiger partial charge in [0.05, 0.1) is 23.3 Å². The van der Waals surface area contributed by atoms with Gasteiger partial charge in [-0.15, -0.1) is 0 Å². The van der Waals surface area contributed by atoms with Crippen LogP contribution < -0.4 is 10.1 Å². The van der Waals surface area contributed by atoms with Crippen molar-refractivity contribution >= 4 is 34.9 Å². The van der Waals surface area contributed by atoms with Gasteiger partial charge in [-0.05, 0) is 82.8 Å². The number of pyridine rings is 1. The van der Waals surface area contributed by atoms with Gasteiger partial charge in [0, 0.05) is 55.8 Å². The Balaban J connectivity index is 1.19. The Morgan fingerprint density at radius 2 is 1.79 bits per heavy atom. The van der Waals surface area contributed by atoms with Gasteiger partial charge in [0.1, 0.15) is 12.1 Å². The lowest BCUT2D eigenvalue weighted by Crippen LogP contribution is -2.56. The number of nitrogens with zero attached hydrogens (tertiary/aromatic N) is 7. The number of nitrogens with one attached hydrogen (secondary N) is 1. The number of carbonyl (C=O) groups is 3. The molecular weight excluding hydrogens is 600 g/mol. The van der Waals surface area contributed by atoms with Crippen LogP contribution >= 0.6 is 0 Å². The van der Waals surface area contributed by atoms with Crippen LogP contribution in [-0.2, 0) is 4.79 Å². The number of anilines is 1. The number of carboxylic acid groups (broad SMARTS) is 1. The summed E-state index contributed by atoms with van der Waals surface area (Å²) in [4.78, 5) is 53.2. The number of benzene rings is 1. The summed E-state index contributed by atoms with van der Waals surface area (Å²) in [6.45, 7) is 6.49. The Kier molecular flexibility index (Phi) is 9.87. The SMILES string of the molecule is CC1CN(C(=O)O)CCN1C(=O)C1CCC(n2c(NC(=O)c3ccc(C#N)cc3)nc3cnc(OCCN4CCCCC4)cc32)CC1. The summed E-state index contributed by atoms with van der Waals surface area (Å²) in [6.07, 6.45) is 7.19. The minimum atomic E-state index is -0.954. The molecule has 47 heavy (non-hydrogen) atoms. The molecule has 4 heterocycles. The predicted octanol–water partition coefficient (Wildman–Crippen LogP) is 4.36. The molecule has 1 aromatic carbocycles. The Morgan fingerprint density at radius 3 is 2.47 bits per heavy atom. The highest BCUT2D eigenvalue weighted by Gasteiger charge is 2.36. The summed E-state index contributed by atoms with van der Waals surface area (Å²) < 4.78 is 8.14. The molecule has 2 aliphatic heterocycles. The van der Waals surface area contributed by atoms with E-state index in [1.807, 2.05) is 22.5 Å². The Bertz CT molecular complexity index is 1640. The van der Waals surface area contributed by atoms with Gasteiger partial charge >= 0.3 is 6.09 Å². The van der Waals surface area contributed by atoms with E-state index in [1.165, 1.54) is 24.2 Å². The molecule has 2 aromatic heterocycles. The molecule has 1 unspecified atom stereocenters. The molecule has 248 valence electrons. The number of piperidine rings is 1. The molecule has 13 heteroatoms. The minimum absolute atomic E-state index is 0.0230. The molecule has 2 saturated heterocycles. The van der Waals surface area contributed by atoms with Crippen LogP contribution in [0.25, 0.3) is 11.0 Å². The summed E-state index contributed by atoms with van der Waals surface area (Å²) in [6, 6.07) is 10.2. The fraction of sp³-hybridized carbons (Fsp3) is 0.529. The van der Waals surface area contributed by atoms with Crippen molar-refractivity contribution in [1.82, 2.24) is 29.2 Å². The van der Waals surface area contributed by atoms with E-state index in [1.54, 1.807) is 30.5 Å². The van der Waals surface area contributed by atoms with E-state index in [4.69, 9.17) is 15.0 Å². The average Bonchev–Trinajstić information content (AvgIpc) is 3.45. The Labute approximate surface area is 274 Å². The van der Waals surface area contributed by atoms with E-state index < -0.39 is 6.09 Å². The second-order valence-electron chi connectivity index (χ2n) is 12.8. The van der Waals surface area contributed by atoms with Gasteiger partial charge in [-0.1, -0.05) is 6.42 Å². The van der Waals surface area contributed by atoms with Crippen LogP contribution in [0.5, 0.6) is 5.88 Å². The summed E-state index contributed by atoms with van der Waals surface area (Å²) in [5.41, 5.74) is 2.31. The van der Waals surface area contributed by atoms with Crippen LogP contribution in [0.3, 0.4) is 0 Å². The number of nitriles is 1. The van der Waals surface area contributed by atoms with Crippen molar-refractivity contribution in [2.24, 2.45) is 5.92 Å². The fourth-order valence-corrected chi connectivity index (χ4v) is 7.12. The van der Waals surface area contributed by atoms with Gasteiger partial charge in [-0.25, -0.2) is 14.8 Å². The topological polar surface area (TPSA) is 157 Å². The van der Waals surface area contributed by atoms with Crippen LogP contribution in [0.15, 0.2) is 36.5 Å². The van der Waals surface area contributed by atoms with Crippen LogP contribution in [-0.4, -0.2) is 104 Å². The first-order valence-corrected chi connectivity index (χ1v) is 16.6. The third-order valence-electron chi connectivity index (χ3n) is 9.75. The Hall–Kier alpha value is -4.70. The molecule has 1 atom stereocenters. The van der Waals surface area contributed by atoms with Crippen LogP contribution in [0.2, 0.25) is 0 Å². The maximum atomic E-state index is 13.6. The predicted molar refractivity (Wildman–Crippen MR) is 174 cm³/mol. The monoisotopic (exact) mass is 642 g/mol. The zero-order valence-electron chi connectivity index (χ0n) is 26.8. The van der Waals surface area contributed by atoms with Gasteiger partial charge in [-0.2, -0.15) is 5.26 Å². The number of hydrogen-bond acceptors (Lipinski definition) is 8. The third-order valence-corrected chi connectivity index (χ3v) is 9.75. The van der Waals surface area contributed by atoms with Crippen LogP contribution in [0.4, 0.5) is 10.7 Å². The second-order valence-corrected chi connectivity index (χ2v) is 12.8. The number of piperazine rings is 1. The lowest BCUT2D eigenvalue weighted by Gasteiger charge is -2.41. The first-order chi connectivity index (χ1) is 22.8. The lowest BCUT2D eigenvalue weighted by molar-refractivity contribution is -0.141. The number of carbonyl (C=O) groups excluding carboxylic acids is 2. The van der Waals surface area contributed by atoms with E-state index in [0.29, 0.717) is 80.4 Å². The highest BCUT2D eigenvalue weighted by molar-refractivity contribution is 6.04. The second kappa shape index (κ2) is 14.4. The number of hydrogen-bond donors (Lipinski definition) is 2. The van der Waals surface area contributed by atoms with Crippen molar-refractivity contribution in [3.05, 3.63) is 47.7 Å². The number of fused-ring (bicyclic) bond motifs is 1. The zero-order valence-corrected chi connectivity index (χ0v) is 26.8. The lowest BCUT2D eigenvalue weighted by atomic mass is 9.84. The number of ether oxygens (including phenoxy) is 1. The molecule has 1 aliphatic carbocycles. The molecule has 3 fully saturated rings. The van der Waals surface area contributed by atoms with Crippen molar-refractivity contribution in [3.8, 4) is 11.9 Å². The van der Waals surface area contributed by atoms with E-state index in [0.717, 1.165) is 25.2 Å². The highest BCUT2D eigenvalue weighted by atomic mass is 16.5. The molecule has 3 amide bonds. The fourth-order valence-electron chi connectivity index (χ4n) is 7.12. The highest BCUT2D eigenvalue weighted by Crippen LogP contribution is 2.38. The quantitative estimate of drug-likeness (QED) is 0.364. The average molecular weight is 643 g/mol. The van der Waals surface area contributed by atoms with Crippen molar-refractivity contribution < 1.29 is 24.2 Å². The Morgan fingerprint density at radius 1 is 1.04 bits per heavy atom. The largest absolute Gasteiger partial charge is 0.476 e. The third kappa shape index (κ3) is 7.33. The summed E-state index contributed by atoms with van der Waals surface area (Å²) in [5.74, 6) is 0.496. The number of rotatable bonds is 8. The molecule has 13 nitrogen and oxygen atoms in total. The molecule has 0 bridgehead atoms. The van der Waals surface area contributed by atoms with Gasteiger partial charge in [0.2, 0.25) is 17.7 Å². The maximum absolute atomic E-state index is 13.6. The van der Waals surface area contributed by atoms with E-state index in [-0.39, 0.29) is 29.8 Å². The molecule has 3 aromatic rings. The molecule has 2 N–H and O–H groups in total. The molecule has 6 rings (SSSR count). The van der Waals surface area contributed by atoms with Gasteiger partial charge < -0.3 is 24.2 Å². The summed E-state index contributed by atoms with van der Waals surface area (Å²) in [5, 5.41) is 21.5. The normalized spacial score (nSPS) is 22.1. The maximum Gasteiger partial charge on any atom is 0.407 e. The van der Waals surface area contributed by atoms with Crippen LogP contribution in [0, 0.1) is 17.2 Å². The van der Waals surface area contributed by atoms with Crippen molar-refractivity contribution in [1.29, 1.82) is 5.26 Å². The van der Waals surface area contributed by atoms with E-state index >= 15 is 0 Å². The molecule has 1 saturated carbocycles. The number of aromatic nitrogens is 3. The number of likely N-dealkylation sites (tertiary alicyclic amines) is 1. The van der Waals surface area contributed by atoms with Gasteiger partial charge in [0.15, 0.2) is 0 Å². The van der Waals surface area contributed by atoms with Crippen LogP contribution in [0.1, 0.15) is 73.8 Å². The summed E-state index contributed by atoms with van der Waals surface area (Å²) >= 11 is 0. The van der Waals surface area contributed by atoms with Crippen molar-refractivity contribution in [2.45, 2.75) is 64.0 Å². The van der Waals surface area contributed by atoms with Gasteiger partial charge in [0.25, 0.3) is 5.91 Å². The smallest absolute Gasteiger partial charge is 0.407 e. The van der Waals surface area contributed by atoms with Crippen molar-refractivity contribution in [3.63, 3.8) is 0 Å². The van der Waals surface area contributed by atoms with E-state index in [2.05, 4.69) is 21.3 Å². The number of amides is 3.